The molecule has 1 aliphatic heterocycles. The highest BCUT2D eigenvalue weighted by atomic mass is 19.1. The molecule has 1 heterocycles. The van der Waals surface area contributed by atoms with Crippen LogP contribution >= 0.6 is 0 Å². The van der Waals surface area contributed by atoms with Gasteiger partial charge >= 0.3 is 0 Å². The minimum absolute atomic E-state index is 0.152. The first kappa shape index (κ1) is 13.5. The lowest BCUT2D eigenvalue weighted by Crippen LogP contribution is -2.55. The first-order valence-corrected chi connectivity index (χ1v) is 6.91. The van der Waals surface area contributed by atoms with E-state index in [0.717, 1.165) is 26.1 Å². The fraction of sp³-hybridized carbons (Fsp3) is 0.600. The van der Waals surface area contributed by atoms with E-state index in [2.05, 4.69) is 24.1 Å². The van der Waals surface area contributed by atoms with Gasteiger partial charge in [-0.15, -0.1) is 0 Å². The SMILES string of the molecule is CCC1CNC(C)CN1CCc1ccc(F)cc1. The highest BCUT2D eigenvalue weighted by Crippen LogP contribution is 2.12. The minimum atomic E-state index is -0.152. The zero-order valence-electron chi connectivity index (χ0n) is 11.3. The van der Waals surface area contributed by atoms with Crippen molar-refractivity contribution in [3.05, 3.63) is 35.6 Å². The lowest BCUT2D eigenvalue weighted by atomic mass is 10.1. The van der Waals surface area contributed by atoms with Gasteiger partial charge in [-0.05, 0) is 37.5 Å². The maximum absolute atomic E-state index is 12.8. The van der Waals surface area contributed by atoms with E-state index >= 15 is 0 Å². The van der Waals surface area contributed by atoms with Gasteiger partial charge in [-0.3, -0.25) is 4.90 Å². The van der Waals surface area contributed by atoms with Crippen LogP contribution in [0.1, 0.15) is 25.8 Å². The first-order chi connectivity index (χ1) is 8.69. The molecule has 100 valence electrons. The van der Waals surface area contributed by atoms with Gasteiger partial charge in [0, 0.05) is 31.7 Å². The highest BCUT2D eigenvalue weighted by molar-refractivity contribution is 5.16. The van der Waals surface area contributed by atoms with Gasteiger partial charge in [0.15, 0.2) is 0 Å². The molecule has 1 saturated heterocycles. The maximum atomic E-state index is 12.8. The van der Waals surface area contributed by atoms with Crippen LogP contribution in [0.2, 0.25) is 0 Å². The summed E-state index contributed by atoms with van der Waals surface area (Å²) >= 11 is 0. The summed E-state index contributed by atoms with van der Waals surface area (Å²) in [5, 5.41) is 3.53. The monoisotopic (exact) mass is 250 g/mol. The van der Waals surface area contributed by atoms with E-state index in [1.165, 1.54) is 12.0 Å². The molecule has 1 aliphatic rings. The minimum Gasteiger partial charge on any atom is -0.311 e. The molecule has 2 rings (SSSR count). The summed E-state index contributed by atoms with van der Waals surface area (Å²) in [4.78, 5) is 2.56. The molecule has 1 aromatic carbocycles. The third-order valence-electron chi connectivity index (χ3n) is 3.80. The van der Waals surface area contributed by atoms with Gasteiger partial charge in [-0.2, -0.15) is 0 Å². The molecule has 0 saturated carbocycles. The largest absolute Gasteiger partial charge is 0.311 e. The van der Waals surface area contributed by atoms with Crippen molar-refractivity contribution in [3.8, 4) is 0 Å². The summed E-state index contributed by atoms with van der Waals surface area (Å²) in [6.07, 6.45) is 2.19. The Balaban J connectivity index is 1.89. The Morgan fingerprint density at radius 2 is 2.06 bits per heavy atom. The van der Waals surface area contributed by atoms with Crippen LogP contribution in [0.4, 0.5) is 4.39 Å². The topological polar surface area (TPSA) is 15.3 Å². The molecule has 18 heavy (non-hydrogen) atoms. The summed E-state index contributed by atoms with van der Waals surface area (Å²) in [5.41, 5.74) is 1.22. The number of nitrogens with zero attached hydrogens (tertiary/aromatic N) is 1. The van der Waals surface area contributed by atoms with E-state index in [-0.39, 0.29) is 5.82 Å². The van der Waals surface area contributed by atoms with Crippen LogP contribution in [0, 0.1) is 5.82 Å². The third kappa shape index (κ3) is 3.53. The molecule has 1 N–H and O–H groups in total. The van der Waals surface area contributed by atoms with E-state index in [1.807, 2.05) is 12.1 Å². The molecule has 1 fully saturated rings. The standard InChI is InChI=1S/C15H23FN2/c1-3-15-10-17-12(2)11-18(15)9-8-13-4-6-14(16)7-5-13/h4-7,12,15,17H,3,8-11H2,1-2H3. The fourth-order valence-corrected chi connectivity index (χ4v) is 2.63. The van der Waals surface area contributed by atoms with Crippen molar-refractivity contribution in [1.82, 2.24) is 10.2 Å². The Morgan fingerprint density at radius 3 is 2.72 bits per heavy atom. The molecule has 3 heteroatoms. The number of benzene rings is 1. The molecule has 0 radical (unpaired) electrons. The quantitative estimate of drug-likeness (QED) is 0.883. The van der Waals surface area contributed by atoms with Gasteiger partial charge in [-0.1, -0.05) is 19.1 Å². The molecule has 0 aromatic heterocycles. The van der Waals surface area contributed by atoms with Gasteiger partial charge in [0.2, 0.25) is 0 Å². The second kappa shape index (κ2) is 6.30. The van der Waals surface area contributed by atoms with Gasteiger partial charge in [0.1, 0.15) is 5.82 Å². The molecule has 0 bridgehead atoms. The zero-order chi connectivity index (χ0) is 13.0. The average Bonchev–Trinajstić information content (AvgIpc) is 2.38. The summed E-state index contributed by atoms with van der Waals surface area (Å²) in [7, 11) is 0. The predicted octanol–water partition coefficient (Wildman–Crippen LogP) is 2.44. The normalized spacial score (nSPS) is 25.3. The molecule has 0 amide bonds. The van der Waals surface area contributed by atoms with Crippen LogP contribution in [0.3, 0.4) is 0 Å². The molecule has 2 nitrogen and oxygen atoms in total. The number of rotatable bonds is 4. The smallest absolute Gasteiger partial charge is 0.123 e. The average molecular weight is 250 g/mol. The Bertz CT molecular complexity index is 363. The van der Waals surface area contributed by atoms with Crippen LogP contribution in [0.5, 0.6) is 0 Å². The summed E-state index contributed by atoms with van der Waals surface area (Å²) in [6.45, 7) is 7.74. The molecule has 2 unspecified atom stereocenters. The molecule has 2 atom stereocenters. The number of hydrogen-bond donors (Lipinski definition) is 1. The van der Waals surface area contributed by atoms with E-state index in [9.17, 15) is 4.39 Å². The summed E-state index contributed by atoms with van der Waals surface area (Å²) < 4.78 is 12.8. The van der Waals surface area contributed by atoms with Gasteiger partial charge in [-0.25, -0.2) is 4.39 Å². The first-order valence-electron chi connectivity index (χ1n) is 6.91. The lowest BCUT2D eigenvalue weighted by Gasteiger charge is -2.39. The van der Waals surface area contributed by atoms with Crippen molar-refractivity contribution in [1.29, 1.82) is 0 Å². The number of nitrogens with one attached hydrogen (secondary N) is 1. The van der Waals surface area contributed by atoms with Crippen molar-refractivity contribution in [3.63, 3.8) is 0 Å². The number of halogens is 1. The van der Waals surface area contributed by atoms with Crippen molar-refractivity contribution in [2.24, 2.45) is 0 Å². The molecule has 0 spiro atoms. The summed E-state index contributed by atoms with van der Waals surface area (Å²) in [5.74, 6) is -0.152. The number of hydrogen-bond acceptors (Lipinski definition) is 2. The van der Waals surface area contributed by atoms with Gasteiger partial charge in [0.25, 0.3) is 0 Å². The molecular formula is C15H23FN2. The van der Waals surface area contributed by atoms with Crippen LogP contribution < -0.4 is 5.32 Å². The van der Waals surface area contributed by atoms with Crippen LogP contribution in [-0.4, -0.2) is 36.6 Å². The highest BCUT2D eigenvalue weighted by Gasteiger charge is 2.23. The van der Waals surface area contributed by atoms with Crippen LogP contribution in [-0.2, 0) is 6.42 Å². The van der Waals surface area contributed by atoms with E-state index in [1.54, 1.807) is 12.1 Å². The lowest BCUT2D eigenvalue weighted by molar-refractivity contribution is 0.133. The Labute approximate surface area is 109 Å². The number of piperazine rings is 1. The predicted molar refractivity (Wildman–Crippen MR) is 73.2 cm³/mol. The molecular weight excluding hydrogens is 227 g/mol. The fourth-order valence-electron chi connectivity index (χ4n) is 2.63. The van der Waals surface area contributed by atoms with E-state index in [4.69, 9.17) is 0 Å². The molecule has 0 aliphatic carbocycles. The zero-order valence-corrected chi connectivity index (χ0v) is 11.3. The van der Waals surface area contributed by atoms with Gasteiger partial charge < -0.3 is 5.32 Å². The Hall–Kier alpha value is -0.930. The van der Waals surface area contributed by atoms with Crippen LogP contribution in [0.25, 0.3) is 0 Å². The van der Waals surface area contributed by atoms with Crippen molar-refractivity contribution in [2.45, 2.75) is 38.8 Å². The second-order valence-electron chi connectivity index (χ2n) is 5.24. The Morgan fingerprint density at radius 1 is 1.33 bits per heavy atom. The van der Waals surface area contributed by atoms with Crippen molar-refractivity contribution < 1.29 is 4.39 Å². The molecule has 1 aromatic rings. The van der Waals surface area contributed by atoms with E-state index in [0.29, 0.717) is 12.1 Å². The Kier molecular flexibility index (Phi) is 4.72. The van der Waals surface area contributed by atoms with Crippen LogP contribution in [0.15, 0.2) is 24.3 Å². The summed E-state index contributed by atoms with van der Waals surface area (Å²) in [6, 6.07) is 8.09. The third-order valence-corrected chi connectivity index (χ3v) is 3.80. The van der Waals surface area contributed by atoms with Gasteiger partial charge in [0.05, 0.1) is 0 Å². The maximum Gasteiger partial charge on any atom is 0.123 e. The van der Waals surface area contributed by atoms with E-state index < -0.39 is 0 Å². The van der Waals surface area contributed by atoms with Crippen molar-refractivity contribution in [2.75, 3.05) is 19.6 Å². The second-order valence-corrected chi connectivity index (χ2v) is 5.24. The van der Waals surface area contributed by atoms with Crippen molar-refractivity contribution >= 4 is 0 Å².